The largest absolute Gasteiger partial charge is 0.469 e. The summed E-state index contributed by atoms with van der Waals surface area (Å²) in [7, 11) is 1.38. The molecule has 1 fully saturated rings. The van der Waals surface area contributed by atoms with Gasteiger partial charge in [0.05, 0.1) is 7.11 Å². The minimum absolute atomic E-state index is 0.0865. The summed E-state index contributed by atoms with van der Waals surface area (Å²) in [5.41, 5.74) is 3.46. The first kappa shape index (κ1) is 19.5. The van der Waals surface area contributed by atoms with Crippen molar-refractivity contribution in [2.24, 2.45) is 5.18 Å². The number of rotatable bonds is 7. The number of aryl methyl sites for hydroxylation is 1. The van der Waals surface area contributed by atoms with Crippen LogP contribution in [0, 0.1) is 4.91 Å². The molecule has 1 heterocycles. The van der Waals surface area contributed by atoms with Crippen molar-refractivity contribution in [3.05, 3.63) is 64.6 Å². The molecule has 7 heteroatoms. The molecule has 0 spiro atoms. The van der Waals surface area contributed by atoms with Gasteiger partial charge in [0.1, 0.15) is 6.04 Å². The second-order valence-corrected chi connectivity index (χ2v) is 6.70. The molecule has 0 aromatic heterocycles. The summed E-state index contributed by atoms with van der Waals surface area (Å²) < 4.78 is 4.65. The van der Waals surface area contributed by atoms with Gasteiger partial charge in [-0.15, -0.1) is 0 Å². The number of ether oxygens (including phenoxy) is 1. The van der Waals surface area contributed by atoms with E-state index >= 15 is 0 Å². The summed E-state index contributed by atoms with van der Waals surface area (Å²) in [4.78, 5) is 38.2. The Labute approximate surface area is 163 Å². The molecule has 0 N–H and O–H groups in total. The van der Waals surface area contributed by atoms with Crippen LogP contribution in [0.2, 0.25) is 0 Å². The van der Waals surface area contributed by atoms with Crippen LogP contribution in [0.25, 0.3) is 0 Å². The Kier molecular flexibility index (Phi) is 6.03. The van der Waals surface area contributed by atoms with Gasteiger partial charge in [0.15, 0.2) is 0 Å². The molecule has 1 saturated heterocycles. The lowest BCUT2D eigenvalue weighted by molar-refractivity contribution is -0.140. The van der Waals surface area contributed by atoms with Crippen molar-refractivity contribution in [2.75, 3.05) is 30.0 Å². The van der Waals surface area contributed by atoms with Gasteiger partial charge in [0.2, 0.25) is 0 Å². The van der Waals surface area contributed by atoms with Gasteiger partial charge in [-0.25, -0.2) is 4.79 Å². The van der Waals surface area contributed by atoms with Gasteiger partial charge in [0.25, 0.3) is 0 Å². The first-order valence-electron chi connectivity index (χ1n) is 9.20. The van der Waals surface area contributed by atoms with E-state index in [0.717, 1.165) is 22.5 Å². The lowest BCUT2D eigenvalue weighted by atomic mass is 10.1. The lowest BCUT2D eigenvalue weighted by Gasteiger charge is -2.19. The molecular weight excluding hydrogens is 358 g/mol. The van der Waals surface area contributed by atoms with Crippen molar-refractivity contribution in [1.82, 2.24) is 0 Å². The van der Waals surface area contributed by atoms with Crippen LogP contribution in [0.3, 0.4) is 0 Å². The number of esters is 1. The summed E-state index contributed by atoms with van der Waals surface area (Å²) in [6, 6.07) is 14.5. The summed E-state index contributed by atoms with van der Waals surface area (Å²) in [6.07, 6.45) is 0.938. The number of hydrogen-bond donors (Lipinski definition) is 0. The number of amides is 2. The quantitative estimate of drug-likeness (QED) is 0.535. The second-order valence-electron chi connectivity index (χ2n) is 6.70. The minimum Gasteiger partial charge on any atom is -0.469 e. The van der Waals surface area contributed by atoms with Crippen molar-refractivity contribution in [1.29, 1.82) is 0 Å². The number of methoxy groups -OCH3 is 1. The maximum Gasteiger partial charge on any atom is 0.329 e. The third-order valence-corrected chi connectivity index (χ3v) is 4.95. The fraction of sp³-hybridized carbons (Fsp3) is 0.333. The third-order valence-electron chi connectivity index (χ3n) is 4.95. The predicted octanol–water partition coefficient (Wildman–Crippen LogP) is 4.07. The van der Waals surface area contributed by atoms with E-state index in [1.54, 1.807) is 16.7 Å². The number of anilines is 2. The molecule has 2 aromatic carbocycles. The Hall–Kier alpha value is -3.22. The summed E-state index contributed by atoms with van der Waals surface area (Å²) >= 11 is 0. The minimum atomic E-state index is -0.405. The molecule has 2 amide bonds. The van der Waals surface area contributed by atoms with Crippen LogP contribution in [0.15, 0.2) is 53.7 Å². The molecule has 1 unspecified atom stereocenters. The SMILES string of the molecule is COC(=O)CCc1ccc(N2CCN(c3ccc(C(C)N=O)cc3)C2=O)cc1. The Morgan fingerprint density at radius 3 is 2.07 bits per heavy atom. The Morgan fingerprint density at radius 1 is 1.04 bits per heavy atom. The van der Waals surface area contributed by atoms with E-state index in [0.29, 0.717) is 25.9 Å². The molecule has 2 aromatic rings. The first-order chi connectivity index (χ1) is 13.5. The topological polar surface area (TPSA) is 79.3 Å². The normalized spacial score (nSPS) is 14.9. The molecule has 146 valence electrons. The van der Waals surface area contributed by atoms with Crippen LogP contribution in [0.1, 0.15) is 30.5 Å². The highest BCUT2D eigenvalue weighted by atomic mass is 16.5. The molecule has 0 saturated carbocycles. The van der Waals surface area contributed by atoms with Crippen molar-refractivity contribution >= 4 is 23.4 Å². The number of urea groups is 1. The number of nitroso groups, excluding NO2 is 1. The lowest BCUT2D eigenvalue weighted by Crippen LogP contribution is -2.31. The summed E-state index contributed by atoms with van der Waals surface area (Å²) in [5, 5.41) is 3.02. The van der Waals surface area contributed by atoms with Gasteiger partial charge in [-0.3, -0.25) is 14.6 Å². The molecule has 1 aliphatic rings. The molecule has 0 radical (unpaired) electrons. The molecule has 0 aliphatic carbocycles. The van der Waals surface area contributed by atoms with Crippen LogP contribution >= 0.6 is 0 Å². The zero-order chi connectivity index (χ0) is 20.1. The van der Waals surface area contributed by atoms with E-state index in [-0.39, 0.29) is 12.0 Å². The fourth-order valence-electron chi connectivity index (χ4n) is 3.20. The zero-order valence-electron chi connectivity index (χ0n) is 16.0. The maximum atomic E-state index is 12.8. The van der Waals surface area contributed by atoms with Crippen molar-refractivity contribution in [3.8, 4) is 0 Å². The van der Waals surface area contributed by atoms with Crippen molar-refractivity contribution in [3.63, 3.8) is 0 Å². The molecular formula is C21H23N3O4. The van der Waals surface area contributed by atoms with Gasteiger partial charge in [-0.2, -0.15) is 4.91 Å². The van der Waals surface area contributed by atoms with E-state index in [1.165, 1.54) is 7.11 Å². The number of carbonyl (C=O) groups excluding carboxylic acids is 2. The summed E-state index contributed by atoms with van der Waals surface area (Å²) in [5.74, 6) is -0.237. The smallest absolute Gasteiger partial charge is 0.329 e. The highest BCUT2D eigenvalue weighted by Crippen LogP contribution is 2.27. The highest BCUT2D eigenvalue weighted by Gasteiger charge is 2.30. The Bertz CT molecular complexity index is 849. The summed E-state index contributed by atoms with van der Waals surface area (Å²) in [6.45, 7) is 2.91. The first-order valence-corrected chi connectivity index (χ1v) is 9.20. The van der Waals surface area contributed by atoms with Crippen LogP contribution in [0.4, 0.5) is 16.2 Å². The Morgan fingerprint density at radius 2 is 1.57 bits per heavy atom. The van der Waals surface area contributed by atoms with E-state index < -0.39 is 6.04 Å². The van der Waals surface area contributed by atoms with Crippen LogP contribution < -0.4 is 9.80 Å². The standard InChI is InChI=1S/C21H23N3O4/c1-15(22-27)17-6-10-19(11-7-17)24-14-13-23(21(24)26)18-8-3-16(4-9-18)5-12-20(25)28-2/h3-4,6-11,15H,5,12-14H2,1-2H3. The van der Waals surface area contributed by atoms with E-state index in [9.17, 15) is 14.5 Å². The second kappa shape index (κ2) is 8.65. The van der Waals surface area contributed by atoms with E-state index in [4.69, 9.17) is 0 Å². The zero-order valence-corrected chi connectivity index (χ0v) is 16.0. The number of benzene rings is 2. The predicted molar refractivity (Wildman–Crippen MR) is 108 cm³/mol. The number of hydrogen-bond acceptors (Lipinski definition) is 5. The molecule has 3 rings (SSSR count). The van der Waals surface area contributed by atoms with Gasteiger partial charge < -0.3 is 4.74 Å². The van der Waals surface area contributed by atoms with E-state index in [2.05, 4.69) is 9.91 Å². The van der Waals surface area contributed by atoms with Crippen LogP contribution in [-0.4, -0.2) is 32.2 Å². The average molecular weight is 381 g/mol. The molecule has 1 atom stereocenters. The van der Waals surface area contributed by atoms with Gasteiger partial charge in [0, 0.05) is 30.9 Å². The van der Waals surface area contributed by atoms with Gasteiger partial charge in [-0.05, 0) is 48.7 Å². The number of carbonyl (C=O) groups is 2. The van der Waals surface area contributed by atoms with Gasteiger partial charge in [-0.1, -0.05) is 29.4 Å². The van der Waals surface area contributed by atoms with Crippen molar-refractivity contribution < 1.29 is 14.3 Å². The maximum absolute atomic E-state index is 12.8. The number of nitrogens with zero attached hydrogens (tertiary/aromatic N) is 3. The van der Waals surface area contributed by atoms with Crippen LogP contribution in [-0.2, 0) is 16.0 Å². The third kappa shape index (κ3) is 4.19. The highest BCUT2D eigenvalue weighted by molar-refractivity contribution is 6.06. The van der Waals surface area contributed by atoms with Gasteiger partial charge >= 0.3 is 12.0 Å². The van der Waals surface area contributed by atoms with Crippen LogP contribution in [0.5, 0.6) is 0 Å². The molecule has 0 bridgehead atoms. The molecule has 1 aliphatic heterocycles. The average Bonchev–Trinajstić information content (AvgIpc) is 3.13. The molecule has 28 heavy (non-hydrogen) atoms. The monoisotopic (exact) mass is 381 g/mol. The van der Waals surface area contributed by atoms with E-state index in [1.807, 2.05) is 48.5 Å². The molecule has 7 nitrogen and oxygen atoms in total. The fourth-order valence-corrected chi connectivity index (χ4v) is 3.20. The Balaban J connectivity index is 1.66. The van der Waals surface area contributed by atoms with Crippen molar-refractivity contribution in [2.45, 2.75) is 25.8 Å².